The number of fused-ring (bicyclic) bond motifs is 2. The van der Waals surface area contributed by atoms with Crippen molar-refractivity contribution in [2.24, 2.45) is 0 Å². The first-order valence-electron chi connectivity index (χ1n) is 14.5. The van der Waals surface area contributed by atoms with Crippen LogP contribution in [0.15, 0.2) is 24.3 Å². The lowest BCUT2D eigenvalue weighted by Crippen LogP contribution is -2.39. The summed E-state index contributed by atoms with van der Waals surface area (Å²) in [5.41, 5.74) is 2.42. The fourth-order valence-corrected chi connectivity index (χ4v) is 6.88. The third kappa shape index (κ3) is 9.97. The fourth-order valence-electron chi connectivity index (χ4n) is 4.49. The van der Waals surface area contributed by atoms with Gasteiger partial charge in [0.1, 0.15) is 15.6 Å². The third-order valence-electron chi connectivity index (χ3n) is 6.47. The van der Waals surface area contributed by atoms with Crippen molar-refractivity contribution >= 4 is 55.9 Å². The van der Waals surface area contributed by atoms with Gasteiger partial charge < -0.3 is 34.9 Å². The fraction of sp³-hybridized carbons (Fsp3) is 0.533. The third-order valence-corrected chi connectivity index (χ3v) is 8.66. The molecule has 13 heteroatoms. The number of hydrogen-bond donors (Lipinski definition) is 3. The van der Waals surface area contributed by atoms with Crippen LogP contribution in [-0.2, 0) is 36.8 Å². The summed E-state index contributed by atoms with van der Waals surface area (Å²) < 4.78 is 17.5. The van der Waals surface area contributed by atoms with Gasteiger partial charge in [0, 0.05) is 49.5 Å². The highest BCUT2D eigenvalue weighted by Gasteiger charge is 2.31. The van der Waals surface area contributed by atoms with E-state index in [0.717, 1.165) is 36.2 Å². The summed E-state index contributed by atoms with van der Waals surface area (Å²) in [5.74, 6) is -0.928. The number of carbonyl (C=O) groups is 3. The molecule has 43 heavy (non-hydrogen) atoms. The quantitative estimate of drug-likeness (QED) is 0.195. The lowest BCUT2D eigenvalue weighted by Gasteiger charge is -2.30. The SMILES string of the molecule is CC(C)(C)OC(=O)N1CCc2c(sc(NC(=O)CCNCCOCCOCCCC(=O)O)c2-c2nc3ccccc3s2)C1. The molecule has 0 bridgehead atoms. The van der Waals surface area contributed by atoms with Crippen molar-refractivity contribution in [3.8, 4) is 10.6 Å². The molecule has 4 rings (SSSR count). The van der Waals surface area contributed by atoms with Crippen molar-refractivity contribution in [2.75, 3.05) is 51.4 Å². The van der Waals surface area contributed by atoms with Gasteiger partial charge in [-0.3, -0.25) is 9.59 Å². The molecule has 2 amide bonds. The summed E-state index contributed by atoms with van der Waals surface area (Å²) in [6.07, 6.45) is 1.19. The van der Waals surface area contributed by atoms with Crippen molar-refractivity contribution in [2.45, 2.75) is 58.6 Å². The molecular formula is C30H40N4O7S2. The maximum Gasteiger partial charge on any atom is 0.410 e. The van der Waals surface area contributed by atoms with E-state index in [1.165, 1.54) is 11.3 Å². The van der Waals surface area contributed by atoms with E-state index >= 15 is 0 Å². The van der Waals surface area contributed by atoms with Crippen LogP contribution in [0, 0.1) is 0 Å². The number of nitrogens with zero attached hydrogens (tertiary/aromatic N) is 2. The molecule has 3 N–H and O–H groups in total. The van der Waals surface area contributed by atoms with E-state index in [2.05, 4.69) is 10.6 Å². The lowest BCUT2D eigenvalue weighted by molar-refractivity contribution is -0.137. The predicted octanol–water partition coefficient (Wildman–Crippen LogP) is 5.13. The van der Waals surface area contributed by atoms with Crippen molar-refractivity contribution in [1.82, 2.24) is 15.2 Å². The topological polar surface area (TPSA) is 139 Å². The number of ether oxygens (including phenoxy) is 3. The molecule has 234 valence electrons. The Hall–Kier alpha value is -3.10. The van der Waals surface area contributed by atoms with Gasteiger partial charge in [0.05, 0.1) is 36.6 Å². The Morgan fingerprint density at radius 3 is 2.53 bits per heavy atom. The molecule has 0 unspecified atom stereocenters. The zero-order valence-electron chi connectivity index (χ0n) is 24.9. The van der Waals surface area contributed by atoms with Gasteiger partial charge in [-0.15, -0.1) is 22.7 Å². The van der Waals surface area contributed by atoms with Crippen molar-refractivity contribution in [1.29, 1.82) is 0 Å². The maximum absolute atomic E-state index is 13.0. The lowest BCUT2D eigenvalue weighted by atomic mass is 10.0. The van der Waals surface area contributed by atoms with Crippen molar-refractivity contribution < 1.29 is 33.7 Å². The number of hydrogen-bond acceptors (Lipinski definition) is 10. The van der Waals surface area contributed by atoms with Crippen LogP contribution >= 0.6 is 22.7 Å². The number of para-hydroxylation sites is 1. The Balaban J connectivity index is 1.31. The molecule has 0 fully saturated rings. The van der Waals surface area contributed by atoms with E-state index in [-0.39, 0.29) is 18.4 Å². The summed E-state index contributed by atoms with van der Waals surface area (Å²) in [6.45, 7) is 9.35. The number of thiophene rings is 1. The molecule has 2 aromatic heterocycles. The number of nitrogens with one attached hydrogen (secondary N) is 2. The van der Waals surface area contributed by atoms with E-state index in [9.17, 15) is 14.4 Å². The van der Waals surface area contributed by atoms with Crippen LogP contribution in [0.3, 0.4) is 0 Å². The average molecular weight is 633 g/mol. The van der Waals surface area contributed by atoms with Crippen LogP contribution < -0.4 is 10.6 Å². The summed E-state index contributed by atoms with van der Waals surface area (Å²) in [6, 6.07) is 7.99. The Labute approximate surface area is 259 Å². The molecule has 11 nitrogen and oxygen atoms in total. The number of rotatable bonds is 15. The van der Waals surface area contributed by atoms with Crippen LogP contribution in [0.4, 0.5) is 9.80 Å². The number of amides is 2. The van der Waals surface area contributed by atoms with Crippen LogP contribution in [0.25, 0.3) is 20.8 Å². The maximum atomic E-state index is 13.0. The first kappa shape index (κ1) is 32.8. The van der Waals surface area contributed by atoms with E-state index in [4.69, 9.17) is 24.3 Å². The smallest absolute Gasteiger partial charge is 0.410 e. The Morgan fingerprint density at radius 1 is 1.02 bits per heavy atom. The van der Waals surface area contributed by atoms with E-state index in [0.29, 0.717) is 71.9 Å². The second-order valence-electron chi connectivity index (χ2n) is 11.1. The van der Waals surface area contributed by atoms with Gasteiger partial charge in [-0.05, 0) is 51.3 Å². The molecule has 3 heterocycles. The zero-order chi connectivity index (χ0) is 30.8. The average Bonchev–Trinajstić information content (AvgIpc) is 3.52. The van der Waals surface area contributed by atoms with Gasteiger partial charge >= 0.3 is 12.1 Å². The van der Waals surface area contributed by atoms with E-state index in [1.54, 1.807) is 16.2 Å². The molecule has 0 spiro atoms. The number of carboxylic acid groups (broad SMARTS) is 1. The summed E-state index contributed by atoms with van der Waals surface area (Å²) in [5, 5.41) is 16.6. The van der Waals surface area contributed by atoms with Crippen LogP contribution in [0.1, 0.15) is 50.5 Å². The van der Waals surface area contributed by atoms with Crippen molar-refractivity contribution in [3.63, 3.8) is 0 Å². The Kier molecular flexibility index (Phi) is 11.9. The first-order chi connectivity index (χ1) is 20.6. The highest BCUT2D eigenvalue weighted by Crippen LogP contribution is 2.45. The molecule has 0 aliphatic carbocycles. The molecule has 0 radical (unpaired) electrons. The number of carbonyl (C=O) groups excluding carboxylic acids is 2. The molecule has 1 aromatic carbocycles. The first-order valence-corrected chi connectivity index (χ1v) is 16.1. The van der Waals surface area contributed by atoms with Crippen LogP contribution in [-0.4, -0.2) is 84.6 Å². The van der Waals surface area contributed by atoms with Gasteiger partial charge in [-0.1, -0.05) is 12.1 Å². The summed E-state index contributed by atoms with van der Waals surface area (Å²) >= 11 is 3.10. The largest absolute Gasteiger partial charge is 0.481 e. The Morgan fingerprint density at radius 2 is 1.79 bits per heavy atom. The number of anilines is 1. The second-order valence-corrected chi connectivity index (χ2v) is 13.3. The molecule has 3 aromatic rings. The minimum atomic E-state index is -0.825. The number of thiazole rings is 1. The minimum absolute atomic E-state index is 0.100. The summed E-state index contributed by atoms with van der Waals surface area (Å²) in [7, 11) is 0. The van der Waals surface area contributed by atoms with Gasteiger partial charge in [0.15, 0.2) is 0 Å². The van der Waals surface area contributed by atoms with Crippen LogP contribution in [0.5, 0.6) is 0 Å². The molecular weight excluding hydrogens is 592 g/mol. The molecule has 1 aliphatic heterocycles. The monoisotopic (exact) mass is 632 g/mol. The summed E-state index contributed by atoms with van der Waals surface area (Å²) in [4.78, 5) is 43.9. The highest BCUT2D eigenvalue weighted by molar-refractivity contribution is 7.22. The standard InChI is InChI=1S/C30H40N4O7S2/c1-30(2,3)41-29(38)34-14-11-20-23(19-34)43-28(26(20)27-32-21-7-4-5-8-22(21)42-27)33-24(35)10-12-31-13-16-40-18-17-39-15-6-9-25(36)37/h4-5,7-8,31H,6,9-19H2,1-3H3,(H,33,35)(H,36,37). The number of aromatic nitrogens is 1. The van der Waals surface area contributed by atoms with Gasteiger partial charge in [-0.2, -0.15) is 0 Å². The van der Waals surface area contributed by atoms with E-state index in [1.807, 2.05) is 45.0 Å². The second kappa shape index (κ2) is 15.6. The van der Waals surface area contributed by atoms with Crippen LogP contribution in [0.2, 0.25) is 0 Å². The Bertz CT molecular complexity index is 1370. The van der Waals surface area contributed by atoms with E-state index < -0.39 is 11.6 Å². The minimum Gasteiger partial charge on any atom is -0.481 e. The predicted molar refractivity (Wildman–Crippen MR) is 168 cm³/mol. The number of aliphatic carboxylic acids is 1. The molecule has 0 saturated carbocycles. The zero-order valence-corrected chi connectivity index (χ0v) is 26.5. The molecule has 0 atom stereocenters. The normalized spacial score (nSPS) is 13.2. The molecule has 0 saturated heterocycles. The number of carboxylic acids is 1. The van der Waals surface area contributed by atoms with Gasteiger partial charge in [0.2, 0.25) is 5.91 Å². The highest BCUT2D eigenvalue weighted by atomic mass is 32.1. The van der Waals surface area contributed by atoms with Gasteiger partial charge in [-0.25, -0.2) is 9.78 Å². The molecule has 1 aliphatic rings. The van der Waals surface area contributed by atoms with Crippen molar-refractivity contribution in [3.05, 3.63) is 34.7 Å². The number of benzene rings is 1. The van der Waals surface area contributed by atoms with Gasteiger partial charge in [0.25, 0.3) is 0 Å².